The van der Waals surface area contributed by atoms with Crippen molar-refractivity contribution >= 4 is 5.69 Å². The van der Waals surface area contributed by atoms with E-state index in [1.54, 1.807) is 0 Å². The first kappa shape index (κ1) is 11.6. The van der Waals surface area contributed by atoms with Gasteiger partial charge in [0.15, 0.2) is 0 Å². The minimum absolute atomic E-state index is 0.0323. The zero-order valence-corrected chi connectivity index (χ0v) is 8.34. The van der Waals surface area contributed by atoms with Crippen molar-refractivity contribution in [1.29, 1.82) is 0 Å². The SMILES string of the molecule is COC(C)(OO)c1ccc([N+](=O)[O-])cc1. The smallest absolute Gasteiger partial charge is 0.269 e. The van der Waals surface area contributed by atoms with E-state index in [9.17, 15) is 10.1 Å². The summed E-state index contributed by atoms with van der Waals surface area (Å²) in [6, 6.07) is 5.53. The summed E-state index contributed by atoms with van der Waals surface area (Å²) in [5, 5.41) is 19.1. The summed E-state index contributed by atoms with van der Waals surface area (Å²) in [5.74, 6) is -1.31. The van der Waals surface area contributed by atoms with Gasteiger partial charge < -0.3 is 4.74 Å². The molecule has 0 bridgehead atoms. The Labute approximate surface area is 86.1 Å². The lowest BCUT2D eigenvalue weighted by Crippen LogP contribution is -2.26. The van der Waals surface area contributed by atoms with Gasteiger partial charge in [-0.2, -0.15) is 4.89 Å². The highest BCUT2D eigenvalue weighted by molar-refractivity contribution is 5.34. The number of ether oxygens (including phenoxy) is 1. The predicted molar refractivity (Wildman–Crippen MR) is 51.2 cm³/mol. The third-order valence-corrected chi connectivity index (χ3v) is 2.17. The zero-order chi connectivity index (χ0) is 11.5. The molecule has 0 aromatic heterocycles. The van der Waals surface area contributed by atoms with Crippen LogP contribution in [0.3, 0.4) is 0 Å². The summed E-state index contributed by atoms with van der Waals surface area (Å²) in [5.41, 5.74) is 0.452. The molecule has 0 heterocycles. The second-order valence-electron chi connectivity index (χ2n) is 3.05. The number of nitrogens with zero attached hydrogens (tertiary/aromatic N) is 1. The van der Waals surface area contributed by atoms with Crippen LogP contribution in [0.1, 0.15) is 12.5 Å². The minimum Gasteiger partial charge on any atom is -0.347 e. The van der Waals surface area contributed by atoms with E-state index in [1.807, 2.05) is 0 Å². The van der Waals surface area contributed by atoms with Gasteiger partial charge in [0.05, 0.1) is 4.92 Å². The molecular formula is C9H11NO5. The summed E-state index contributed by atoms with van der Waals surface area (Å²) < 4.78 is 4.93. The molecule has 15 heavy (non-hydrogen) atoms. The Hall–Kier alpha value is -1.50. The maximum absolute atomic E-state index is 10.4. The van der Waals surface area contributed by atoms with E-state index in [-0.39, 0.29) is 5.69 Å². The van der Waals surface area contributed by atoms with Gasteiger partial charge in [-0.15, -0.1) is 0 Å². The van der Waals surface area contributed by atoms with Crippen LogP contribution in [0.2, 0.25) is 0 Å². The number of nitro groups is 1. The summed E-state index contributed by atoms with van der Waals surface area (Å²) in [4.78, 5) is 14.1. The van der Waals surface area contributed by atoms with E-state index < -0.39 is 10.7 Å². The second-order valence-corrected chi connectivity index (χ2v) is 3.05. The van der Waals surface area contributed by atoms with Crippen LogP contribution < -0.4 is 0 Å². The van der Waals surface area contributed by atoms with Gasteiger partial charge in [-0.3, -0.25) is 10.1 Å². The Morgan fingerprint density at radius 3 is 2.27 bits per heavy atom. The van der Waals surface area contributed by atoms with Crippen LogP contribution in [0.25, 0.3) is 0 Å². The van der Waals surface area contributed by atoms with Crippen LogP contribution in [0.4, 0.5) is 5.69 Å². The van der Waals surface area contributed by atoms with Crippen molar-refractivity contribution < 1.29 is 19.8 Å². The Balaban J connectivity index is 3.02. The maximum atomic E-state index is 10.4. The molecule has 0 aliphatic heterocycles. The number of benzene rings is 1. The topological polar surface area (TPSA) is 81.8 Å². The van der Waals surface area contributed by atoms with E-state index in [4.69, 9.17) is 9.99 Å². The molecule has 0 radical (unpaired) electrons. The van der Waals surface area contributed by atoms with Crippen LogP contribution in [0.15, 0.2) is 24.3 Å². The fourth-order valence-electron chi connectivity index (χ4n) is 1.09. The Morgan fingerprint density at radius 2 is 1.93 bits per heavy atom. The standard InChI is InChI=1S/C9H11NO5/c1-9(14-2,15-13)7-3-5-8(6-4-7)10(11)12/h3-6,13H,1-2H3. The van der Waals surface area contributed by atoms with Gasteiger partial charge in [0.1, 0.15) is 0 Å². The van der Waals surface area contributed by atoms with E-state index >= 15 is 0 Å². The lowest BCUT2D eigenvalue weighted by atomic mass is 10.1. The van der Waals surface area contributed by atoms with Crippen molar-refractivity contribution in [2.75, 3.05) is 7.11 Å². The van der Waals surface area contributed by atoms with Gasteiger partial charge in [0, 0.05) is 24.8 Å². The van der Waals surface area contributed by atoms with E-state index in [0.717, 1.165) is 0 Å². The first-order valence-electron chi connectivity index (χ1n) is 4.16. The summed E-state index contributed by atoms with van der Waals surface area (Å²) in [6.07, 6.45) is 0. The number of rotatable bonds is 4. The molecule has 1 rings (SSSR count). The molecule has 0 spiro atoms. The lowest BCUT2D eigenvalue weighted by Gasteiger charge is -2.23. The summed E-state index contributed by atoms with van der Waals surface area (Å²) in [7, 11) is 1.36. The van der Waals surface area contributed by atoms with Crippen molar-refractivity contribution in [3.05, 3.63) is 39.9 Å². The number of methoxy groups -OCH3 is 1. The van der Waals surface area contributed by atoms with Gasteiger partial charge in [0.2, 0.25) is 5.79 Å². The maximum Gasteiger partial charge on any atom is 0.269 e. The van der Waals surface area contributed by atoms with Gasteiger partial charge >= 0.3 is 0 Å². The average Bonchev–Trinajstić information content (AvgIpc) is 2.28. The molecule has 0 saturated heterocycles. The first-order valence-corrected chi connectivity index (χ1v) is 4.16. The molecular weight excluding hydrogens is 202 g/mol. The number of hydrogen-bond acceptors (Lipinski definition) is 5. The van der Waals surface area contributed by atoms with Crippen LogP contribution in [-0.4, -0.2) is 17.3 Å². The Bertz CT molecular complexity index is 344. The molecule has 1 unspecified atom stereocenters. The minimum atomic E-state index is -1.31. The third-order valence-electron chi connectivity index (χ3n) is 2.17. The van der Waals surface area contributed by atoms with Crippen LogP contribution >= 0.6 is 0 Å². The molecule has 0 fully saturated rings. The highest BCUT2D eigenvalue weighted by Gasteiger charge is 2.28. The van der Waals surface area contributed by atoms with Crippen LogP contribution in [0, 0.1) is 10.1 Å². The number of nitro benzene ring substituents is 1. The van der Waals surface area contributed by atoms with E-state index in [0.29, 0.717) is 5.56 Å². The molecule has 1 atom stereocenters. The Morgan fingerprint density at radius 1 is 1.40 bits per heavy atom. The largest absolute Gasteiger partial charge is 0.347 e. The van der Waals surface area contributed by atoms with Crippen molar-refractivity contribution in [1.82, 2.24) is 0 Å². The van der Waals surface area contributed by atoms with Gasteiger partial charge in [-0.25, -0.2) is 5.26 Å². The van der Waals surface area contributed by atoms with Crippen molar-refractivity contribution in [3.63, 3.8) is 0 Å². The molecule has 6 heteroatoms. The highest BCUT2D eigenvalue weighted by Crippen LogP contribution is 2.26. The van der Waals surface area contributed by atoms with E-state index in [1.165, 1.54) is 38.3 Å². The fourth-order valence-corrected chi connectivity index (χ4v) is 1.09. The average molecular weight is 213 g/mol. The van der Waals surface area contributed by atoms with Crippen molar-refractivity contribution in [2.24, 2.45) is 0 Å². The quantitative estimate of drug-likeness (QED) is 0.357. The highest BCUT2D eigenvalue weighted by atomic mass is 17.1. The summed E-state index contributed by atoms with van der Waals surface area (Å²) in [6.45, 7) is 1.49. The molecule has 0 aliphatic rings. The van der Waals surface area contributed by atoms with Crippen molar-refractivity contribution in [2.45, 2.75) is 12.7 Å². The van der Waals surface area contributed by atoms with Crippen LogP contribution in [-0.2, 0) is 15.4 Å². The van der Waals surface area contributed by atoms with Crippen LogP contribution in [0.5, 0.6) is 0 Å². The van der Waals surface area contributed by atoms with E-state index in [2.05, 4.69) is 4.89 Å². The number of non-ortho nitro benzene ring substituents is 1. The molecule has 0 amide bonds. The normalized spacial score (nSPS) is 14.6. The van der Waals surface area contributed by atoms with Crippen molar-refractivity contribution in [3.8, 4) is 0 Å². The van der Waals surface area contributed by atoms with Gasteiger partial charge in [-0.05, 0) is 19.1 Å². The number of hydrogen-bond donors (Lipinski definition) is 1. The van der Waals surface area contributed by atoms with Gasteiger partial charge in [-0.1, -0.05) is 0 Å². The molecule has 1 aromatic carbocycles. The molecule has 82 valence electrons. The molecule has 0 aliphatic carbocycles. The molecule has 1 N–H and O–H groups in total. The lowest BCUT2D eigenvalue weighted by molar-refractivity contribution is -0.400. The summed E-state index contributed by atoms with van der Waals surface area (Å²) >= 11 is 0. The predicted octanol–water partition coefficient (Wildman–Crippen LogP) is 1.90. The second kappa shape index (κ2) is 4.35. The molecule has 1 aromatic rings. The monoisotopic (exact) mass is 213 g/mol. The van der Waals surface area contributed by atoms with Gasteiger partial charge in [0.25, 0.3) is 5.69 Å². The first-order chi connectivity index (χ1) is 7.03. The fraction of sp³-hybridized carbons (Fsp3) is 0.333. The Kier molecular flexibility index (Phi) is 3.35. The molecule has 6 nitrogen and oxygen atoms in total. The third kappa shape index (κ3) is 2.30. The molecule has 0 saturated carbocycles. The zero-order valence-electron chi connectivity index (χ0n) is 8.34.